The lowest BCUT2D eigenvalue weighted by atomic mass is 10.3. The van der Waals surface area contributed by atoms with E-state index in [9.17, 15) is 0 Å². The highest BCUT2D eigenvalue weighted by molar-refractivity contribution is 6.43. The van der Waals surface area contributed by atoms with Gasteiger partial charge in [0.2, 0.25) is 0 Å². The van der Waals surface area contributed by atoms with Crippen LogP contribution in [-0.4, -0.2) is 17.1 Å². The maximum absolute atomic E-state index is 6.22. The van der Waals surface area contributed by atoms with Crippen LogP contribution in [0.5, 0.6) is 5.75 Å². The van der Waals surface area contributed by atoms with E-state index in [1.54, 1.807) is 19.2 Å². The van der Waals surface area contributed by atoms with Crippen molar-refractivity contribution in [3.63, 3.8) is 0 Å². The quantitative estimate of drug-likeness (QED) is 0.609. The van der Waals surface area contributed by atoms with E-state index in [-0.39, 0.29) is 0 Å². The molecule has 2 N–H and O–H groups in total. The second kappa shape index (κ2) is 7.59. The fraction of sp³-hybridized carbons (Fsp3) is 0.111. The van der Waals surface area contributed by atoms with Crippen molar-refractivity contribution in [3.8, 4) is 5.75 Å². The van der Waals surface area contributed by atoms with Crippen molar-refractivity contribution < 1.29 is 4.74 Å². The number of ether oxygens (including phenoxy) is 1. The number of halogens is 2. The van der Waals surface area contributed by atoms with Crippen LogP contribution in [0.25, 0.3) is 0 Å². The van der Waals surface area contributed by atoms with Crippen LogP contribution in [0.1, 0.15) is 5.82 Å². The van der Waals surface area contributed by atoms with E-state index in [4.69, 9.17) is 27.9 Å². The molecule has 5 nitrogen and oxygen atoms in total. The van der Waals surface area contributed by atoms with E-state index in [0.29, 0.717) is 33.2 Å². The van der Waals surface area contributed by atoms with Gasteiger partial charge in [-0.3, -0.25) is 0 Å². The molecule has 0 fully saturated rings. The molecular weight excluding hydrogens is 359 g/mol. The number of methoxy groups -OCH3 is 1. The highest BCUT2D eigenvalue weighted by atomic mass is 35.5. The average Bonchev–Trinajstić information content (AvgIpc) is 2.59. The number of nitrogens with one attached hydrogen (secondary N) is 2. The topological polar surface area (TPSA) is 59.1 Å². The molecule has 0 unspecified atom stereocenters. The van der Waals surface area contributed by atoms with Crippen molar-refractivity contribution in [2.75, 3.05) is 17.7 Å². The number of hydrogen-bond donors (Lipinski definition) is 2. The summed E-state index contributed by atoms with van der Waals surface area (Å²) in [6.07, 6.45) is 0. The first-order valence-corrected chi connectivity index (χ1v) is 8.28. The molecule has 0 atom stereocenters. The van der Waals surface area contributed by atoms with E-state index in [1.165, 1.54) is 0 Å². The van der Waals surface area contributed by atoms with Gasteiger partial charge >= 0.3 is 0 Å². The minimum Gasteiger partial charge on any atom is -0.497 e. The Balaban J connectivity index is 1.86. The molecule has 3 aromatic rings. The van der Waals surface area contributed by atoms with E-state index < -0.39 is 0 Å². The first kappa shape index (κ1) is 17.3. The van der Waals surface area contributed by atoms with E-state index in [1.807, 2.05) is 43.3 Å². The van der Waals surface area contributed by atoms with Gasteiger partial charge in [0, 0.05) is 17.8 Å². The maximum atomic E-state index is 6.22. The van der Waals surface area contributed by atoms with Gasteiger partial charge in [0.25, 0.3) is 0 Å². The highest BCUT2D eigenvalue weighted by Crippen LogP contribution is 2.32. The molecule has 25 heavy (non-hydrogen) atoms. The van der Waals surface area contributed by atoms with E-state index in [0.717, 1.165) is 11.4 Å². The van der Waals surface area contributed by atoms with Crippen molar-refractivity contribution in [3.05, 3.63) is 64.4 Å². The molecule has 0 radical (unpaired) electrons. The standard InChI is InChI=1S/C18H16Cl2N4O/c1-11-21-16(23-12-5-3-6-13(9-12)25-2)10-17(22-11)24-15-8-4-7-14(19)18(15)20/h3-10H,1-2H3,(H2,21,22,23,24). The SMILES string of the molecule is COc1cccc(Nc2cc(Nc3cccc(Cl)c3Cl)nc(C)n2)c1. The molecule has 0 bridgehead atoms. The third-order valence-electron chi connectivity index (χ3n) is 3.39. The Hall–Kier alpha value is -2.50. The molecule has 0 aliphatic carbocycles. The molecule has 0 saturated carbocycles. The van der Waals surface area contributed by atoms with Crippen molar-refractivity contribution in [1.82, 2.24) is 9.97 Å². The van der Waals surface area contributed by atoms with Crippen LogP contribution in [0, 0.1) is 6.92 Å². The van der Waals surface area contributed by atoms with Crippen LogP contribution in [0.3, 0.4) is 0 Å². The lowest BCUT2D eigenvalue weighted by Crippen LogP contribution is -2.02. The van der Waals surface area contributed by atoms with Crippen LogP contribution < -0.4 is 15.4 Å². The Kier molecular flexibility index (Phi) is 5.26. The number of nitrogens with zero attached hydrogens (tertiary/aromatic N) is 2. The zero-order valence-corrected chi connectivity index (χ0v) is 15.2. The normalized spacial score (nSPS) is 10.4. The Bertz CT molecular complexity index is 902. The van der Waals surface area contributed by atoms with Gasteiger partial charge in [-0.2, -0.15) is 0 Å². The molecule has 0 aliphatic rings. The number of aryl methyl sites for hydroxylation is 1. The van der Waals surface area contributed by atoms with Gasteiger partial charge in [0.05, 0.1) is 22.8 Å². The van der Waals surface area contributed by atoms with E-state index in [2.05, 4.69) is 20.6 Å². The Morgan fingerprint density at radius 3 is 2.40 bits per heavy atom. The molecule has 128 valence electrons. The Morgan fingerprint density at radius 2 is 1.64 bits per heavy atom. The number of aromatic nitrogens is 2. The fourth-order valence-corrected chi connectivity index (χ4v) is 2.63. The lowest BCUT2D eigenvalue weighted by molar-refractivity contribution is 0.415. The maximum Gasteiger partial charge on any atom is 0.136 e. The molecule has 0 amide bonds. The summed E-state index contributed by atoms with van der Waals surface area (Å²) in [5.41, 5.74) is 1.55. The van der Waals surface area contributed by atoms with Gasteiger partial charge in [0.1, 0.15) is 23.2 Å². The molecule has 0 saturated heterocycles. The summed E-state index contributed by atoms with van der Waals surface area (Å²) in [6, 6.07) is 14.8. The van der Waals surface area contributed by atoms with Gasteiger partial charge in [0.15, 0.2) is 0 Å². The summed E-state index contributed by atoms with van der Waals surface area (Å²) in [5.74, 6) is 2.65. The molecule has 7 heteroatoms. The summed E-state index contributed by atoms with van der Waals surface area (Å²) in [6.45, 7) is 1.82. The predicted octanol–water partition coefficient (Wildman–Crippen LogP) is 5.59. The zero-order valence-electron chi connectivity index (χ0n) is 13.7. The van der Waals surface area contributed by atoms with Crippen molar-refractivity contribution in [2.24, 2.45) is 0 Å². The number of rotatable bonds is 5. The predicted molar refractivity (Wildman–Crippen MR) is 103 cm³/mol. The Labute approximate surface area is 156 Å². The van der Waals surface area contributed by atoms with Crippen LogP contribution in [0.4, 0.5) is 23.0 Å². The first-order valence-electron chi connectivity index (χ1n) is 7.53. The first-order chi connectivity index (χ1) is 12.0. The summed E-state index contributed by atoms with van der Waals surface area (Å²) in [5, 5.41) is 7.34. The van der Waals surface area contributed by atoms with Gasteiger partial charge in [-0.1, -0.05) is 35.3 Å². The number of hydrogen-bond acceptors (Lipinski definition) is 5. The number of benzene rings is 2. The zero-order chi connectivity index (χ0) is 17.8. The fourth-order valence-electron chi connectivity index (χ4n) is 2.28. The van der Waals surface area contributed by atoms with Crippen LogP contribution in [0.2, 0.25) is 10.0 Å². The second-order valence-corrected chi connectivity index (χ2v) is 6.05. The van der Waals surface area contributed by atoms with Crippen LogP contribution >= 0.6 is 23.2 Å². The van der Waals surface area contributed by atoms with Crippen molar-refractivity contribution in [1.29, 1.82) is 0 Å². The van der Waals surface area contributed by atoms with Crippen molar-refractivity contribution >= 4 is 46.2 Å². The number of anilines is 4. The van der Waals surface area contributed by atoms with Crippen molar-refractivity contribution in [2.45, 2.75) is 6.92 Å². The molecule has 2 aromatic carbocycles. The van der Waals surface area contributed by atoms with Gasteiger partial charge in [-0.05, 0) is 31.2 Å². The second-order valence-electron chi connectivity index (χ2n) is 5.27. The monoisotopic (exact) mass is 374 g/mol. The summed E-state index contributed by atoms with van der Waals surface area (Å²) in [7, 11) is 1.63. The summed E-state index contributed by atoms with van der Waals surface area (Å²) >= 11 is 12.3. The minimum absolute atomic E-state index is 0.447. The van der Waals surface area contributed by atoms with Gasteiger partial charge < -0.3 is 15.4 Å². The molecule has 1 aromatic heterocycles. The van der Waals surface area contributed by atoms with Crippen LogP contribution in [0.15, 0.2) is 48.5 Å². The molecule has 0 spiro atoms. The highest BCUT2D eigenvalue weighted by Gasteiger charge is 2.08. The van der Waals surface area contributed by atoms with E-state index >= 15 is 0 Å². The third-order valence-corrected chi connectivity index (χ3v) is 4.21. The molecule has 3 rings (SSSR count). The summed E-state index contributed by atoms with van der Waals surface area (Å²) < 4.78 is 5.23. The third kappa shape index (κ3) is 4.32. The smallest absolute Gasteiger partial charge is 0.136 e. The molecule has 0 aliphatic heterocycles. The average molecular weight is 375 g/mol. The van der Waals surface area contributed by atoms with Crippen LogP contribution in [-0.2, 0) is 0 Å². The molecular formula is C18H16Cl2N4O. The Morgan fingerprint density at radius 1 is 0.920 bits per heavy atom. The van der Waals surface area contributed by atoms with Gasteiger partial charge in [-0.25, -0.2) is 9.97 Å². The summed E-state index contributed by atoms with van der Waals surface area (Å²) in [4.78, 5) is 8.79. The minimum atomic E-state index is 0.447. The molecule has 1 heterocycles. The lowest BCUT2D eigenvalue weighted by Gasteiger charge is -2.12. The largest absolute Gasteiger partial charge is 0.497 e. The van der Waals surface area contributed by atoms with Gasteiger partial charge in [-0.15, -0.1) is 0 Å².